The fraction of sp³-hybridized carbons (Fsp3) is 0.308. The second-order valence-electron chi connectivity index (χ2n) is 8.49. The van der Waals surface area contributed by atoms with Gasteiger partial charge in [0.25, 0.3) is 11.8 Å². The highest BCUT2D eigenvalue weighted by Gasteiger charge is 2.25. The highest BCUT2D eigenvalue weighted by Crippen LogP contribution is 2.28. The van der Waals surface area contributed by atoms with Crippen LogP contribution in [0.1, 0.15) is 35.6 Å². The molecule has 0 bridgehead atoms. The first kappa shape index (κ1) is 24.9. The third kappa shape index (κ3) is 6.21. The van der Waals surface area contributed by atoms with Crippen molar-refractivity contribution in [2.75, 3.05) is 20.1 Å². The molecule has 7 nitrogen and oxygen atoms in total. The molecule has 0 saturated carbocycles. The summed E-state index contributed by atoms with van der Waals surface area (Å²) in [6.45, 7) is 9.33. The number of hydrogen-bond donors (Lipinski definition) is 1. The summed E-state index contributed by atoms with van der Waals surface area (Å²) in [6, 6.07) is 6.40. The van der Waals surface area contributed by atoms with Crippen LogP contribution in [0.3, 0.4) is 0 Å². The van der Waals surface area contributed by atoms with E-state index in [9.17, 15) is 9.59 Å². The second-order valence-corrected chi connectivity index (χ2v) is 9.34. The van der Waals surface area contributed by atoms with Gasteiger partial charge in [-0.1, -0.05) is 38.1 Å². The van der Waals surface area contributed by atoms with Crippen molar-refractivity contribution in [2.45, 2.75) is 26.3 Å². The molecule has 2 heterocycles. The molecule has 0 radical (unpaired) electrons. The van der Waals surface area contributed by atoms with E-state index in [-0.39, 0.29) is 11.8 Å². The van der Waals surface area contributed by atoms with Crippen LogP contribution < -0.4 is 5.32 Å². The number of nitrogens with one attached hydrogen (secondary N) is 1. The summed E-state index contributed by atoms with van der Waals surface area (Å²) >= 11 is 1.58. The van der Waals surface area contributed by atoms with Crippen LogP contribution >= 0.6 is 11.3 Å². The van der Waals surface area contributed by atoms with Crippen LogP contribution in [0.25, 0.3) is 16.8 Å². The number of nitriles is 1. The fourth-order valence-electron chi connectivity index (χ4n) is 3.54. The van der Waals surface area contributed by atoms with Gasteiger partial charge >= 0.3 is 0 Å². The minimum Gasteiger partial charge on any atom is -0.370 e. The molecule has 3 rings (SSSR count). The van der Waals surface area contributed by atoms with Crippen LogP contribution in [0.15, 0.2) is 60.7 Å². The van der Waals surface area contributed by atoms with Gasteiger partial charge in [0.15, 0.2) is 6.19 Å². The lowest BCUT2D eigenvalue weighted by molar-refractivity contribution is -0.129. The Bertz CT molecular complexity index is 1140. The Kier molecular flexibility index (Phi) is 8.39. The zero-order chi connectivity index (χ0) is 24.7. The third-order valence-electron chi connectivity index (χ3n) is 5.36. The number of benzene rings is 1. The quantitative estimate of drug-likeness (QED) is 0.332. The molecule has 8 heteroatoms. The standard InChI is InChI=1S/C26H29N5O2S/c1-5-12-31-13-10-21(11-14-31)25-29-23(16-34-25)19-6-8-20(9-7-19)24(32)28-22(15-18(2)3)26(33)30(4)17-27/h5-11,13,16,18,22H,1,12,14-15H2,2-4H3,(H,28,32)/t22-/m0/s1. The largest absolute Gasteiger partial charge is 0.370 e. The minimum absolute atomic E-state index is 0.182. The van der Waals surface area contributed by atoms with Gasteiger partial charge in [0.05, 0.1) is 5.69 Å². The van der Waals surface area contributed by atoms with Crippen molar-refractivity contribution in [2.24, 2.45) is 5.92 Å². The Labute approximate surface area is 204 Å². The predicted molar refractivity (Wildman–Crippen MR) is 136 cm³/mol. The summed E-state index contributed by atoms with van der Waals surface area (Å²) in [5.41, 5.74) is 3.29. The molecule has 2 amide bonds. The molecular weight excluding hydrogens is 446 g/mol. The number of allylic oxidation sites excluding steroid dienone is 2. The van der Waals surface area contributed by atoms with Crippen molar-refractivity contribution in [3.63, 3.8) is 0 Å². The van der Waals surface area contributed by atoms with Crippen LogP contribution in [-0.2, 0) is 4.79 Å². The van der Waals surface area contributed by atoms with Crippen molar-refractivity contribution in [1.29, 1.82) is 5.26 Å². The number of nitrogens with zero attached hydrogens (tertiary/aromatic N) is 4. The van der Waals surface area contributed by atoms with Crippen molar-refractivity contribution in [3.8, 4) is 17.5 Å². The number of carbonyl (C=O) groups excluding carboxylic acids is 2. The molecule has 0 spiro atoms. The van der Waals surface area contributed by atoms with E-state index in [1.807, 2.05) is 37.4 Å². The number of carbonyl (C=O) groups is 2. The van der Waals surface area contributed by atoms with Crippen LogP contribution in [0.5, 0.6) is 0 Å². The van der Waals surface area contributed by atoms with Gasteiger partial charge in [-0.15, -0.1) is 17.9 Å². The van der Waals surface area contributed by atoms with Gasteiger partial charge in [0.2, 0.25) is 0 Å². The second kappa shape index (κ2) is 11.4. The minimum atomic E-state index is -0.753. The Hall–Kier alpha value is -3.70. The molecule has 1 atom stereocenters. The number of aromatic nitrogens is 1. The molecular formula is C26H29N5O2S. The zero-order valence-electron chi connectivity index (χ0n) is 19.7. The zero-order valence-corrected chi connectivity index (χ0v) is 20.5. The Morgan fingerprint density at radius 1 is 1.35 bits per heavy atom. The van der Waals surface area contributed by atoms with E-state index < -0.39 is 11.9 Å². The van der Waals surface area contributed by atoms with E-state index in [4.69, 9.17) is 10.2 Å². The number of likely N-dealkylation sites (N-methyl/N-ethyl adjacent to an activating group) is 1. The smallest absolute Gasteiger partial charge is 0.257 e. The molecule has 0 saturated heterocycles. The predicted octanol–water partition coefficient (Wildman–Crippen LogP) is 4.29. The summed E-state index contributed by atoms with van der Waals surface area (Å²) in [5.74, 6) is -0.589. The lowest BCUT2D eigenvalue weighted by Gasteiger charge is -2.21. The number of hydrogen-bond acceptors (Lipinski definition) is 6. The van der Waals surface area contributed by atoms with Gasteiger partial charge in [0.1, 0.15) is 11.0 Å². The first-order valence-corrected chi connectivity index (χ1v) is 12.0. The molecule has 1 aliphatic rings. The average molecular weight is 476 g/mol. The molecule has 0 unspecified atom stereocenters. The highest BCUT2D eigenvalue weighted by molar-refractivity contribution is 7.11. The molecule has 34 heavy (non-hydrogen) atoms. The maximum atomic E-state index is 12.8. The Balaban J connectivity index is 1.69. The van der Waals surface area contributed by atoms with Gasteiger partial charge in [-0.2, -0.15) is 5.26 Å². The van der Waals surface area contributed by atoms with Gasteiger partial charge in [-0.3, -0.25) is 14.5 Å². The van der Waals surface area contributed by atoms with Crippen LogP contribution in [0, 0.1) is 17.4 Å². The number of rotatable bonds is 9. The van der Waals surface area contributed by atoms with E-state index in [0.29, 0.717) is 12.0 Å². The topological polar surface area (TPSA) is 89.3 Å². The highest BCUT2D eigenvalue weighted by atomic mass is 32.1. The lowest BCUT2D eigenvalue weighted by atomic mass is 10.0. The summed E-state index contributed by atoms with van der Waals surface area (Å²) in [4.78, 5) is 33.1. The first-order valence-electron chi connectivity index (χ1n) is 11.1. The SMILES string of the molecule is C=CCN1C=CC(c2nc(-c3ccc(C(=O)N[C@@H](CC(C)C)C(=O)N(C)C#N)cc3)cs2)=CC1. The average Bonchev–Trinajstić information content (AvgIpc) is 3.33. The van der Waals surface area contributed by atoms with Gasteiger partial charge in [-0.05, 0) is 30.5 Å². The molecule has 0 fully saturated rings. The summed E-state index contributed by atoms with van der Waals surface area (Å²) in [5, 5.41) is 14.8. The molecule has 1 aromatic heterocycles. The molecule has 1 aromatic carbocycles. The molecule has 2 aromatic rings. The van der Waals surface area contributed by atoms with Crippen LogP contribution in [0.4, 0.5) is 0 Å². The first-order chi connectivity index (χ1) is 16.3. The maximum Gasteiger partial charge on any atom is 0.257 e. The van der Waals surface area contributed by atoms with Gasteiger partial charge < -0.3 is 10.2 Å². The summed E-state index contributed by atoms with van der Waals surface area (Å²) < 4.78 is 0. The summed E-state index contributed by atoms with van der Waals surface area (Å²) in [6.07, 6.45) is 10.4. The van der Waals surface area contributed by atoms with E-state index in [1.165, 1.54) is 7.05 Å². The molecule has 1 N–H and O–H groups in total. The van der Waals surface area contributed by atoms with Crippen molar-refractivity contribution in [1.82, 2.24) is 20.1 Å². The van der Waals surface area contributed by atoms with Crippen LogP contribution in [-0.4, -0.2) is 52.8 Å². The molecule has 0 aliphatic carbocycles. The van der Waals surface area contributed by atoms with Crippen molar-refractivity contribution >= 4 is 28.7 Å². The Morgan fingerprint density at radius 3 is 2.68 bits per heavy atom. The van der Waals surface area contributed by atoms with Gasteiger partial charge in [-0.25, -0.2) is 4.98 Å². The van der Waals surface area contributed by atoms with Crippen LogP contribution in [0.2, 0.25) is 0 Å². The normalized spacial score (nSPS) is 13.7. The van der Waals surface area contributed by atoms with Crippen molar-refractivity contribution < 1.29 is 9.59 Å². The van der Waals surface area contributed by atoms with E-state index in [1.54, 1.807) is 29.7 Å². The monoisotopic (exact) mass is 475 g/mol. The Morgan fingerprint density at radius 2 is 2.09 bits per heavy atom. The molecule has 176 valence electrons. The molecule has 1 aliphatic heterocycles. The van der Waals surface area contributed by atoms with Gasteiger partial charge in [0, 0.05) is 48.4 Å². The third-order valence-corrected chi connectivity index (χ3v) is 6.25. The maximum absolute atomic E-state index is 12.8. The van der Waals surface area contributed by atoms with E-state index in [2.05, 4.69) is 35.1 Å². The summed E-state index contributed by atoms with van der Waals surface area (Å²) in [7, 11) is 1.40. The van der Waals surface area contributed by atoms with E-state index in [0.717, 1.165) is 39.8 Å². The van der Waals surface area contributed by atoms with E-state index >= 15 is 0 Å². The van der Waals surface area contributed by atoms with Crippen molar-refractivity contribution in [3.05, 3.63) is 71.2 Å². The lowest BCUT2D eigenvalue weighted by Crippen LogP contribution is -2.46. The number of amides is 2. The number of thiazole rings is 1. The fourth-order valence-corrected chi connectivity index (χ4v) is 4.39.